The fraction of sp³-hybridized carbons (Fsp3) is 0.538. The number of aliphatic hydroxyl groups excluding tert-OH is 1. The van der Waals surface area contributed by atoms with Crippen molar-refractivity contribution in [2.75, 3.05) is 0 Å². The minimum absolute atomic E-state index is 0. The first-order chi connectivity index (χ1) is 9.27. The Hall–Kier alpha value is -1.05. The first kappa shape index (κ1) is 19.9. The summed E-state index contributed by atoms with van der Waals surface area (Å²) in [6, 6.07) is 4.29. The smallest absolute Gasteiger partial charge is 0.428 e. The Morgan fingerprint density at radius 2 is 1.76 bits per heavy atom. The Balaban J connectivity index is 0.00000400. The second-order valence-electron chi connectivity index (χ2n) is 4.42. The van der Waals surface area contributed by atoms with E-state index in [-0.39, 0.29) is 12.4 Å². The number of hydrogen-bond donors (Lipinski definition) is 2. The van der Waals surface area contributed by atoms with Crippen molar-refractivity contribution in [1.29, 1.82) is 0 Å². The third-order valence-corrected chi connectivity index (χ3v) is 2.77. The van der Waals surface area contributed by atoms with Gasteiger partial charge >= 0.3 is 12.5 Å². The molecule has 0 aliphatic heterocycles. The molecule has 0 amide bonds. The number of benzene rings is 1. The van der Waals surface area contributed by atoms with Crippen molar-refractivity contribution >= 4 is 12.4 Å². The van der Waals surface area contributed by atoms with Crippen LogP contribution in [-0.4, -0.2) is 23.7 Å². The lowest BCUT2D eigenvalue weighted by Crippen LogP contribution is -2.33. The van der Waals surface area contributed by atoms with Crippen molar-refractivity contribution in [3.63, 3.8) is 0 Å². The Kier molecular flexibility index (Phi) is 7.99. The molecule has 122 valence electrons. The van der Waals surface area contributed by atoms with E-state index in [4.69, 9.17) is 5.73 Å². The van der Waals surface area contributed by atoms with Crippen LogP contribution in [0.1, 0.15) is 31.4 Å². The van der Waals surface area contributed by atoms with E-state index in [1.165, 1.54) is 12.1 Å². The molecule has 0 aliphatic carbocycles. The highest BCUT2D eigenvalue weighted by Gasteiger charge is 2.43. The van der Waals surface area contributed by atoms with Gasteiger partial charge in [-0.05, 0) is 24.1 Å². The van der Waals surface area contributed by atoms with Crippen molar-refractivity contribution < 1.29 is 27.4 Å². The maximum atomic E-state index is 12.7. The van der Waals surface area contributed by atoms with E-state index >= 15 is 0 Å². The third-order valence-electron chi connectivity index (χ3n) is 2.77. The van der Waals surface area contributed by atoms with Gasteiger partial charge in [0.25, 0.3) is 0 Å². The molecule has 0 fully saturated rings. The largest absolute Gasteiger partial charge is 0.461 e. The van der Waals surface area contributed by atoms with Crippen molar-refractivity contribution in [3.05, 3.63) is 29.8 Å². The second-order valence-corrected chi connectivity index (χ2v) is 4.42. The first-order valence-corrected chi connectivity index (χ1v) is 6.16. The second kappa shape index (κ2) is 8.41. The minimum atomic E-state index is -4.54. The van der Waals surface area contributed by atoms with Gasteiger partial charge in [-0.2, -0.15) is 17.6 Å². The first-order valence-electron chi connectivity index (χ1n) is 6.16. The van der Waals surface area contributed by atoms with E-state index in [9.17, 15) is 22.7 Å². The highest BCUT2D eigenvalue weighted by Crippen LogP contribution is 2.28. The van der Waals surface area contributed by atoms with Crippen LogP contribution in [0.2, 0.25) is 0 Å². The lowest BCUT2D eigenvalue weighted by atomic mass is 9.99. The Morgan fingerprint density at radius 1 is 1.24 bits per heavy atom. The molecule has 0 unspecified atom stereocenters. The van der Waals surface area contributed by atoms with Gasteiger partial charge in [-0.25, -0.2) is 0 Å². The third kappa shape index (κ3) is 5.68. The van der Waals surface area contributed by atoms with Crippen LogP contribution in [0, 0.1) is 0 Å². The van der Waals surface area contributed by atoms with Gasteiger partial charge < -0.3 is 15.6 Å². The van der Waals surface area contributed by atoms with Gasteiger partial charge in [0.1, 0.15) is 5.75 Å². The number of alkyl halides is 4. The lowest BCUT2D eigenvalue weighted by molar-refractivity contribution is -0.253. The number of halogens is 5. The van der Waals surface area contributed by atoms with Crippen LogP contribution in [0.15, 0.2) is 24.3 Å². The summed E-state index contributed by atoms with van der Waals surface area (Å²) in [6.45, 7) is 1.89. The minimum Gasteiger partial charge on any atom is -0.428 e. The quantitative estimate of drug-likeness (QED) is 0.752. The molecule has 2 atom stereocenters. The molecule has 1 aromatic rings. The van der Waals surface area contributed by atoms with Crippen molar-refractivity contribution in [2.45, 2.75) is 44.4 Å². The van der Waals surface area contributed by atoms with Gasteiger partial charge in [0, 0.05) is 0 Å². The van der Waals surface area contributed by atoms with Crippen molar-refractivity contribution in [2.24, 2.45) is 5.73 Å². The Morgan fingerprint density at radius 3 is 2.19 bits per heavy atom. The van der Waals surface area contributed by atoms with Crippen LogP contribution in [-0.2, 0) is 0 Å². The molecule has 1 aromatic carbocycles. The van der Waals surface area contributed by atoms with Crippen LogP contribution in [0.4, 0.5) is 17.6 Å². The predicted octanol–water partition coefficient (Wildman–Crippen LogP) is 3.51. The molecule has 3 N–H and O–H groups in total. The van der Waals surface area contributed by atoms with E-state index in [0.717, 1.165) is 18.6 Å². The summed E-state index contributed by atoms with van der Waals surface area (Å²) in [5.41, 5.74) is 6.30. The zero-order chi connectivity index (χ0) is 15.3. The summed E-state index contributed by atoms with van der Waals surface area (Å²) in [5, 5.41) is 9.72. The fourth-order valence-corrected chi connectivity index (χ4v) is 1.66. The number of nitrogens with two attached hydrogens (primary N) is 1. The molecule has 0 radical (unpaired) electrons. The maximum absolute atomic E-state index is 12.7. The van der Waals surface area contributed by atoms with E-state index in [2.05, 4.69) is 4.74 Å². The predicted molar refractivity (Wildman–Crippen MR) is 73.1 cm³/mol. The normalized spacial score (nSPS) is 14.5. The van der Waals surface area contributed by atoms with Gasteiger partial charge in [-0.1, -0.05) is 25.5 Å². The van der Waals surface area contributed by atoms with Gasteiger partial charge in [0.15, 0.2) is 0 Å². The molecule has 0 aromatic heterocycles. The highest BCUT2D eigenvalue weighted by molar-refractivity contribution is 5.85. The summed E-state index contributed by atoms with van der Waals surface area (Å²) in [5.74, 6) is -0.392. The molecule has 0 saturated heterocycles. The standard InChI is InChI=1S/C13H17F4NO2.ClH/c1-2-3-10(19)11(18)8-4-6-9(7-5-8)20-13(16,17)12(14)15;/h4-7,10-12,19H,2-3,18H2,1H3;1H/t10-,11+;/m1./s1. The van der Waals surface area contributed by atoms with E-state index in [0.29, 0.717) is 12.0 Å². The van der Waals surface area contributed by atoms with E-state index in [1.54, 1.807) is 0 Å². The van der Waals surface area contributed by atoms with Crippen molar-refractivity contribution in [1.82, 2.24) is 0 Å². The SMILES string of the molecule is CCC[C@@H](O)[C@@H](N)c1ccc(OC(F)(F)C(F)F)cc1.Cl. The summed E-state index contributed by atoms with van der Waals surface area (Å²) in [6.07, 6.45) is -7.95. The van der Waals surface area contributed by atoms with Crippen LogP contribution < -0.4 is 10.5 Å². The zero-order valence-electron chi connectivity index (χ0n) is 11.3. The van der Waals surface area contributed by atoms with Crippen LogP contribution in [0.5, 0.6) is 5.75 Å². The molecule has 21 heavy (non-hydrogen) atoms. The summed E-state index contributed by atoms with van der Waals surface area (Å²) in [4.78, 5) is 0. The molecule has 8 heteroatoms. The number of rotatable bonds is 7. The molecule has 0 saturated carbocycles. The summed E-state index contributed by atoms with van der Waals surface area (Å²) in [7, 11) is 0. The maximum Gasteiger partial charge on any atom is 0.461 e. The summed E-state index contributed by atoms with van der Waals surface area (Å²) >= 11 is 0. The van der Waals surface area contributed by atoms with Gasteiger partial charge in [-0.15, -0.1) is 12.4 Å². The van der Waals surface area contributed by atoms with Gasteiger partial charge in [-0.3, -0.25) is 0 Å². The summed E-state index contributed by atoms with van der Waals surface area (Å²) < 4.78 is 53.2. The molecule has 1 rings (SSSR count). The average molecular weight is 332 g/mol. The average Bonchev–Trinajstić information content (AvgIpc) is 2.38. The Bertz CT molecular complexity index is 417. The molecular weight excluding hydrogens is 314 g/mol. The van der Waals surface area contributed by atoms with Gasteiger partial charge in [0.05, 0.1) is 12.1 Å². The zero-order valence-corrected chi connectivity index (χ0v) is 12.1. The topological polar surface area (TPSA) is 55.5 Å². The molecule has 0 heterocycles. The van der Waals surface area contributed by atoms with Crippen LogP contribution >= 0.6 is 12.4 Å². The fourth-order valence-electron chi connectivity index (χ4n) is 1.66. The molecular formula is C13H18ClF4NO2. The van der Waals surface area contributed by atoms with Crippen LogP contribution in [0.3, 0.4) is 0 Å². The van der Waals surface area contributed by atoms with Crippen molar-refractivity contribution in [3.8, 4) is 5.75 Å². The molecule has 0 bridgehead atoms. The molecule has 0 aliphatic rings. The monoisotopic (exact) mass is 331 g/mol. The Labute approximate surface area is 126 Å². The number of aliphatic hydroxyl groups is 1. The number of hydrogen-bond acceptors (Lipinski definition) is 3. The number of ether oxygens (including phenoxy) is 1. The van der Waals surface area contributed by atoms with E-state index < -0.39 is 30.4 Å². The lowest BCUT2D eigenvalue weighted by Gasteiger charge is -2.20. The van der Waals surface area contributed by atoms with E-state index in [1.807, 2.05) is 6.92 Å². The molecule has 3 nitrogen and oxygen atoms in total. The highest BCUT2D eigenvalue weighted by atomic mass is 35.5. The molecule has 0 spiro atoms. The van der Waals surface area contributed by atoms with Crippen LogP contribution in [0.25, 0.3) is 0 Å². The van der Waals surface area contributed by atoms with Gasteiger partial charge in [0.2, 0.25) is 0 Å².